The Bertz CT molecular complexity index is 529. The fourth-order valence-electron chi connectivity index (χ4n) is 1.90. The van der Waals surface area contributed by atoms with E-state index < -0.39 is 0 Å². The first-order valence-electron chi connectivity index (χ1n) is 6.10. The highest BCUT2D eigenvalue weighted by atomic mass is 79.9. The molecule has 1 aromatic heterocycles. The Morgan fingerprint density at radius 3 is 2.32 bits per heavy atom. The van der Waals surface area contributed by atoms with Crippen LogP contribution in [0.15, 0.2) is 35.1 Å². The highest BCUT2D eigenvalue weighted by Gasteiger charge is 2.08. The number of nitrogens with zero attached hydrogens (tertiary/aromatic N) is 2. The third-order valence-corrected chi connectivity index (χ3v) is 3.36. The molecule has 0 radical (unpaired) electrons. The molecule has 1 N–H and O–H groups in total. The van der Waals surface area contributed by atoms with Crippen LogP contribution in [-0.2, 0) is 12.8 Å². The molecule has 0 atom stereocenters. The van der Waals surface area contributed by atoms with Crippen molar-refractivity contribution in [3.8, 4) is 0 Å². The maximum Gasteiger partial charge on any atom is 0.137 e. The van der Waals surface area contributed by atoms with Gasteiger partial charge < -0.3 is 5.32 Å². The quantitative estimate of drug-likeness (QED) is 0.887. The lowest BCUT2D eigenvalue weighted by Crippen LogP contribution is -2.04. The van der Waals surface area contributed by atoms with Crippen LogP contribution in [0.2, 0.25) is 0 Å². The molecule has 5 heteroatoms. The first-order chi connectivity index (χ1) is 8.74. The van der Waals surface area contributed by atoms with Gasteiger partial charge in [-0.1, -0.05) is 29.8 Å². The van der Waals surface area contributed by atoms with Gasteiger partial charge >= 0.3 is 0 Å². The van der Waals surface area contributed by atoms with Crippen LogP contribution >= 0.6 is 28.3 Å². The molecular formula is C14H17BrClN3. The van der Waals surface area contributed by atoms with E-state index in [9.17, 15) is 0 Å². The summed E-state index contributed by atoms with van der Waals surface area (Å²) in [5, 5.41) is 3.35. The van der Waals surface area contributed by atoms with Crippen LogP contribution in [-0.4, -0.2) is 9.97 Å². The van der Waals surface area contributed by atoms with Gasteiger partial charge in [-0.15, -0.1) is 12.4 Å². The average molecular weight is 343 g/mol. The molecule has 1 aromatic carbocycles. The zero-order valence-corrected chi connectivity index (χ0v) is 13.4. The molecule has 0 saturated carbocycles. The number of benzene rings is 1. The molecule has 2 rings (SSSR count). The van der Waals surface area contributed by atoms with Crippen LogP contribution in [0.4, 0.5) is 11.5 Å². The lowest BCUT2D eigenvalue weighted by atomic mass is 10.1. The summed E-state index contributed by atoms with van der Waals surface area (Å²) in [4.78, 5) is 8.67. The minimum atomic E-state index is 0. The standard InChI is InChI=1S/C14H16BrN3.ClH/c1-3-12-13(4-2)16-9-17-14(12)18-11-7-5-10(15)6-8-11;/h5-9H,3-4H2,1-2H3,(H,16,17,18);1H. The minimum Gasteiger partial charge on any atom is -0.340 e. The molecule has 0 amide bonds. The van der Waals surface area contributed by atoms with Gasteiger partial charge in [-0.3, -0.25) is 0 Å². The van der Waals surface area contributed by atoms with Crippen LogP contribution in [0.5, 0.6) is 0 Å². The predicted molar refractivity (Wildman–Crippen MR) is 85.5 cm³/mol. The predicted octanol–water partition coefficient (Wildman–Crippen LogP) is 4.53. The van der Waals surface area contributed by atoms with E-state index in [-0.39, 0.29) is 12.4 Å². The van der Waals surface area contributed by atoms with Crippen molar-refractivity contribution in [3.63, 3.8) is 0 Å². The van der Waals surface area contributed by atoms with E-state index in [0.717, 1.165) is 34.5 Å². The molecule has 0 aliphatic rings. The van der Waals surface area contributed by atoms with Gasteiger partial charge in [0.2, 0.25) is 0 Å². The summed E-state index contributed by atoms with van der Waals surface area (Å²) in [6.07, 6.45) is 3.49. The Balaban J connectivity index is 0.00000180. The van der Waals surface area contributed by atoms with Crippen LogP contribution in [0.3, 0.4) is 0 Å². The maximum atomic E-state index is 4.34. The molecule has 0 fully saturated rings. The second-order valence-corrected chi connectivity index (χ2v) is 4.90. The largest absolute Gasteiger partial charge is 0.340 e. The van der Waals surface area contributed by atoms with Gasteiger partial charge in [-0.05, 0) is 37.1 Å². The second kappa shape index (κ2) is 7.46. The van der Waals surface area contributed by atoms with Crippen LogP contribution in [0, 0.1) is 0 Å². The number of aryl methyl sites for hydroxylation is 1. The number of hydrogen-bond acceptors (Lipinski definition) is 3. The lowest BCUT2D eigenvalue weighted by Gasteiger charge is -2.12. The molecule has 0 saturated heterocycles. The summed E-state index contributed by atoms with van der Waals surface area (Å²) in [7, 11) is 0. The summed E-state index contributed by atoms with van der Waals surface area (Å²) in [6, 6.07) is 8.07. The Morgan fingerprint density at radius 2 is 1.74 bits per heavy atom. The SMILES string of the molecule is CCc1ncnc(Nc2ccc(Br)cc2)c1CC.Cl. The van der Waals surface area contributed by atoms with E-state index in [1.165, 1.54) is 5.56 Å². The van der Waals surface area contributed by atoms with Crippen molar-refractivity contribution in [3.05, 3.63) is 46.3 Å². The topological polar surface area (TPSA) is 37.8 Å². The summed E-state index contributed by atoms with van der Waals surface area (Å²) < 4.78 is 1.07. The third kappa shape index (κ3) is 3.91. The fourth-order valence-corrected chi connectivity index (χ4v) is 2.17. The minimum absolute atomic E-state index is 0. The van der Waals surface area contributed by atoms with Crippen LogP contribution in [0.1, 0.15) is 25.1 Å². The van der Waals surface area contributed by atoms with Crippen molar-refractivity contribution in [2.45, 2.75) is 26.7 Å². The molecule has 1 heterocycles. The molecule has 0 spiro atoms. The molecule has 102 valence electrons. The molecular weight excluding hydrogens is 326 g/mol. The molecule has 0 aliphatic heterocycles. The molecule has 0 aliphatic carbocycles. The normalized spacial score (nSPS) is 9.84. The van der Waals surface area contributed by atoms with Gasteiger partial charge in [0, 0.05) is 21.4 Å². The van der Waals surface area contributed by atoms with E-state index >= 15 is 0 Å². The second-order valence-electron chi connectivity index (χ2n) is 3.99. The van der Waals surface area contributed by atoms with Crippen molar-refractivity contribution in [1.82, 2.24) is 9.97 Å². The Hall–Kier alpha value is -1.13. The molecule has 19 heavy (non-hydrogen) atoms. The fraction of sp³-hybridized carbons (Fsp3) is 0.286. The lowest BCUT2D eigenvalue weighted by molar-refractivity contribution is 0.934. The Kier molecular flexibility index (Phi) is 6.25. The molecule has 0 bridgehead atoms. The Labute approximate surface area is 128 Å². The summed E-state index contributed by atoms with van der Waals surface area (Å²) in [6.45, 7) is 4.25. The van der Waals surface area contributed by atoms with Crippen molar-refractivity contribution < 1.29 is 0 Å². The van der Waals surface area contributed by atoms with Crippen LogP contribution in [0.25, 0.3) is 0 Å². The van der Waals surface area contributed by atoms with Crippen molar-refractivity contribution in [2.75, 3.05) is 5.32 Å². The van der Waals surface area contributed by atoms with Gasteiger partial charge in [0.1, 0.15) is 12.1 Å². The van der Waals surface area contributed by atoms with E-state index in [1.54, 1.807) is 6.33 Å². The summed E-state index contributed by atoms with van der Waals surface area (Å²) in [5.74, 6) is 0.909. The maximum absolute atomic E-state index is 4.34. The number of halogens is 2. The number of nitrogens with one attached hydrogen (secondary N) is 1. The molecule has 3 nitrogen and oxygen atoms in total. The monoisotopic (exact) mass is 341 g/mol. The number of rotatable bonds is 4. The zero-order chi connectivity index (χ0) is 13.0. The van der Waals surface area contributed by atoms with Crippen molar-refractivity contribution in [1.29, 1.82) is 0 Å². The highest BCUT2D eigenvalue weighted by Crippen LogP contribution is 2.22. The van der Waals surface area contributed by atoms with Gasteiger partial charge in [0.25, 0.3) is 0 Å². The van der Waals surface area contributed by atoms with E-state index in [0.29, 0.717) is 0 Å². The summed E-state index contributed by atoms with van der Waals surface area (Å²) >= 11 is 3.43. The summed E-state index contributed by atoms with van der Waals surface area (Å²) in [5.41, 5.74) is 3.35. The molecule has 0 unspecified atom stereocenters. The third-order valence-electron chi connectivity index (χ3n) is 2.83. The van der Waals surface area contributed by atoms with Crippen molar-refractivity contribution >= 4 is 39.8 Å². The smallest absolute Gasteiger partial charge is 0.137 e. The van der Waals surface area contributed by atoms with Crippen molar-refractivity contribution in [2.24, 2.45) is 0 Å². The number of hydrogen-bond donors (Lipinski definition) is 1. The average Bonchev–Trinajstić information content (AvgIpc) is 2.41. The van der Waals surface area contributed by atoms with E-state index in [4.69, 9.17) is 0 Å². The van der Waals surface area contributed by atoms with E-state index in [1.807, 2.05) is 24.3 Å². The Morgan fingerprint density at radius 1 is 1.05 bits per heavy atom. The van der Waals surface area contributed by atoms with Gasteiger partial charge in [-0.25, -0.2) is 9.97 Å². The molecule has 2 aromatic rings. The zero-order valence-electron chi connectivity index (χ0n) is 11.0. The van der Waals surface area contributed by atoms with Gasteiger partial charge in [-0.2, -0.15) is 0 Å². The first-order valence-corrected chi connectivity index (χ1v) is 6.89. The van der Waals surface area contributed by atoms with Gasteiger partial charge in [0.15, 0.2) is 0 Å². The first kappa shape index (κ1) is 15.9. The van der Waals surface area contributed by atoms with E-state index in [2.05, 4.69) is 45.1 Å². The number of anilines is 2. The van der Waals surface area contributed by atoms with Gasteiger partial charge in [0.05, 0.1) is 0 Å². The van der Waals surface area contributed by atoms with Crippen LogP contribution < -0.4 is 5.32 Å². The number of aromatic nitrogens is 2. The highest BCUT2D eigenvalue weighted by molar-refractivity contribution is 9.10.